The average Bonchev–Trinajstić information content (AvgIpc) is 3.13. The summed E-state index contributed by atoms with van der Waals surface area (Å²) in [5.41, 5.74) is 2.48. The molecule has 8 heteroatoms. The lowest BCUT2D eigenvalue weighted by Gasteiger charge is -2.03. The predicted octanol–water partition coefficient (Wildman–Crippen LogP) is 2.21. The van der Waals surface area contributed by atoms with Gasteiger partial charge in [-0.2, -0.15) is 0 Å². The number of benzene rings is 1. The van der Waals surface area contributed by atoms with Crippen LogP contribution in [-0.4, -0.2) is 19.9 Å². The lowest BCUT2D eigenvalue weighted by Crippen LogP contribution is -2.30. The van der Waals surface area contributed by atoms with E-state index >= 15 is 0 Å². The number of fused-ring (bicyclic) bond motifs is 2. The number of oxazole rings is 1. The minimum absolute atomic E-state index is 0.116. The van der Waals surface area contributed by atoms with Crippen molar-refractivity contribution < 1.29 is 9.21 Å². The van der Waals surface area contributed by atoms with Gasteiger partial charge in [0.15, 0.2) is 5.58 Å². The minimum Gasteiger partial charge on any atom is -0.408 e. The molecule has 0 saturated heterocycles. The van der Waals surface area contributed by atoms with Crippen LogP contribution in [0.3, 0.4) is 0 Å². The molecule has 0 bridgehead atoms. The normalized spacial score (nSPS) is 11.2. The molecule has 25 heavy (non-hydrogen) atoms. The Bertz CT molecular complexity index is 1140. The third kappa shape index (κ3) is 3.01. The maximum atomic E-state index is 12.2. The van der Waals surface area contributed by atoms with Gasteiger partial charge in [-0.05, 0) is 24.3 Å². The van der Waals surface area contributed by atoms with E-state index in [9.17, 15) is 9.59 Å². The van der Waals surface area contributed by atoms with Gasteiger partial charge in [0.1, 0.15) is 12.2 Å². The van der Waals surface area contributed by atoms with Gasteiger partial charge in [0, 0.05) is 12.4 Å². The van der Waals surface area contributed by atoms with Crippen LogP contribution in [0.15, 0.2) is 58.0 Å². The molecule has 0 aliphatic heterocycles. The molecule has 0 aliphatic carbocycles. The number of halogens is 1. The molecule has 0 radical (unpaired) electrons. The summed E-state index contributed by atoms with van der Waals surface area (Å²) in [6, 6.07) is 10.5. The number of para-hydroxylation sites is 2. The van der Waals surface area contributed by atoms with Crippen LogP contribution in [0.25, 0.3) is 16.7 Å². The molecule has 0 spiro atoms. The van der Waals surface area contributed by atoms with Gasteiger partial charge < -0.3 is 14.1 Å². The SMILES string of the molecule is O=C(Cn1c(=O)oc2ccccc21)NCc1cn2cc(Cl)ccc2n1. The van der Waals surface area contributed by atoms with Crippen LogP contribution in [0.1, 0.15) is 5.69 Å². The van der Waals surface area contributed by atoms with Crippen molar-refractivity contribution in [3.8, 4) is 0 Å². The zero-order chi connectivity index (χ0) is 17.4. The van der Waals surface area contributed by atoms with E-state index < -0.39 is 5.76 Å². The highest BCUT2D eigenvalue weighted by molar-refractivity contribution is 6.30. The second-order valence-electron chi connectivity index (χ2n) is 5.54. The summed E-state index contributed by atoms with van der Waals surface area (Å²) < 4.78 is 8.20. The first-order valence-electron chi connectivity index (χ1n) is 7.58. The largest absolute Gasteiger partial charge is 0.420 e. The fourth-order valence-corrected chi connectivity index (χ4v) is 2.82. The van der Waals surface area contributed by atoms with Crippen molar-refractivity contribution in [3.05, 3.63) is 70.1 Å². The van der Waals surface area contributed by atoms with E-state index in [1.165, 1.54) is 4.57 Å². The standard InChI is InChI=1S/C17H13ClN4O3/c18-11-5-6-15-20-12(9-21(15)8-11)7-19-16(23)10-22-13-3-1-2-4-14(13)25-17(22)24/h1-6,8-9H,7,10H2,(H,19,23). The molecule has 1 aromatic carbocycles. The van der Waals surface area contributed by atoms with Gasteiger partial charge in [-0.15, -0.1) is 0 Å². The number of hydrogen-bond donors (Lipinski definition) is 1. The van der Waals surface area contributed by atoms with E-state index in [1.807, 2.05) is 0 Å². The van der Waals surface area contributed by atoms with Crippen LogP contribution in [0, 0.1) is 0 Å². The number of amides is 1. The average molecular weight is 357 g/mol. The van der Waals surface area contributed by atoms with Gasteiger partial charge in [-0.3, -0.25) is 9.36 Å². The van der Waals surface area contributed by atoms with Crippen LogP contribution in [-0.2, 0) is 17.9 Å². The predicted molar refractivity (Wildman–Crippen MR) is 92.5 cm³/mol. The molecule has 3 aromatic heterocycles. The van der Waals surface area contributed by atoms with Crippen molar-refractivity contribution in [1.82, 2.24) is 19.3 Å². The zero-order valence-electron chi connectivity index (χ0n) is 13.0. The second-order valence-corrected chi connectivity index (χ2v) is 5.98. The van der Waals surface area contributed by atoms with E-state index in [2.05, 4.69) is 10.3 Å². The first kappa shape index (κ1) is 15.5. The van der Waals surface area contributed by atoms with E-state index in [0.717, 1.165) is 5.65 Å². The van der Waals surface area contributed by atoms with Crippen molar-refractivity contribution >= 4 is 34.3 Å². The molecule has 4 aromatic rings. The van der Waals surface area contributed by atoms with Crippen molar-refractivity contribution in [2.45, 2.75) is 13.1 Å². The van der Waals surface area contributed by atoms with Gasteiger partial charge in [-0.25, -0.2) is 9.78 Å². The van der Waals surface area contributed by atoms with Gasteiger partial charge in [0.2, 0.25) is 5.91 Å². The number of aromatic nitrogens is 3. The number of rotatable bonds is 4. The Balaban J connectivity index is 1.48. The summed E-state index contributed by atoms with van der Waals surface area (Å²) in [5.74, 6) is -0.859. The summed E-state index contributed by atoms with van der Waals surface area (Å²) in [6.45, 7) is 0.137. The zero-order valence-corrected chi connectivity index (χ0v) is 13.7. The molecule has 0 saturated carbocycles. The second kappa shape index (κ2) is 6.10. The van der Waals surface area contributed by atoms with Crippen molar-refractivity contribution in [2.24, 2.45) is 0 Å². The first-order chi connectivity index (χ1) is 12.1. The molecule has 1 amide bonds. The highest BCUT2D eigenvalue weighted by Crippen LogP contribution is 2.12. The topological polar surface area (TPSA) is 81.5 Å². The Morgan fingerprint density at radius 3 is 2.92 bits per heavy atom. The number of imidazole rings is 1. The molecule has 1 N–H and O–H groups in total. The monoisotopic (exact) mass is 356 g/mol. The number of carbonyl (C=O) groups excluding carboxylic acids is 1. The summed E-state index contributed by atoms with van der Waals surface area (Å²) >= 11 is 5.94. The van der Waals surface area contributed by atoms with Gasteiger partial charge >= 0.3 is 5.76 Å². The third-order valence-corrected chi connectivity index (χ3v) is 4.03. The number of nitrogens with one attached hydrogen (secondary N) is 1. The van der Waals surface area contributed by atoms with E-state index in [4.69, 9.17) is 16.0 Å². The van der Waals surface area contributed by atoms with Crippen molar-refractivity contribution in [2.75, 3.05) is 0 Å². The number of nitrogens with zero attached hydrogens (tertiary/aromatic N) is 3. The van der Waals surface area contributed by atoms with Crippen LogP contribution in [0.5, 0.6) is 0 Å². The van der Waals surface area contributed by atoms with Crippen LogP contribution in [0.4, 0.5) is 0 Å². The number of carbonyl (C=O) groups is 1. The molecule has 3 heterocycles. The molecular weight excluding hydrogens is 344 g/mol. The number of hydrogen-bond acceptors (Lipinski definition) is 4. The summed E-state index contributed by atoms with van der Waals surface area (Å²) in [4.78, 5) is 28.5. The van der Waals surface area contributed by atoms with Gasteiger partial charge in [0.05, 0.1) is 22.8 Å². The quantitative estimate of drug-likeness (QED) is 0.608. The summed E-state index contributed by atoms with van der Waals surface area (Å²) in [5, 5.41) is 3.36. The van der Waals surface area contributed by atoms with Gasteiger partial charge in [0.25, 0.3) is 0 Å². The summed E-state index contributed by atoms with van der Waals surface area (Å²) in [6.07, 6.45) is 3.54. The Hall–Kier alpha value is -3.06. The van der Waals surface area contributed by atoms with E-state index in [0.29, 0.717) is 21.8 Å². The molecule has 0 fully saturated rings. The lowest BCUT2D eigenvalue weighted by atomic mass is 10.3. The highest BCUT2D eigenvalue weighted by Gasteiger charge is 2.12. The smallest absolute Gasteiger partial charge is 0.408 e. The van der Waals surface area contributed by atoms with E-state index in [1.54, 1.807) is 53.2 Å². The van der Waals surface area contributed by atoms with Crippen LogP contribution in [0.2, 0.25) is 5.02 Å². The maximum Gasteiger partial charge on any atom is 0.420 e. The minimum atomic E-state index is -0.557. The fourth-order valence-electron chi connectivity index (χ4n) is 2.65. The van der Waals surface area contributed by atoms with E-state index in [-0.39, 0.29) is 19.0 Å². The molecular formula is C17H13ClN4O3. The molecule has 0 aliphatic rings. The number of pyridine rings is 1. The molecule has 0 atom stereocenters. The maximum absolute atomic E-state index is 12.2. The highest BCUT2D eigenvalue weighted by atomic mass is 35.5. The Labute approximate surface area is 146 Å². The Morgan fingerprint density at radius 1 is 1.20 bits per heavy atom. The molecule has 4 rings (SSSR count). The molecule has 126 valence electrons. The van der Waals surface area contributed by atoms with Crippen molar-refractivity contribution in [3.63, 3.8) is 0 Å². The third-order valence-electron chi connectivity index (χ3n) is 3.81. The Kier molecular flexibility index (Phi) is 3.77. The molecule has 0 unspecified atom stereocenters. The lowest BCUT2D eigenvalue weighted by molar-refractivity contribution is -0.121. The van der Waals surface area contributed by atoms with Crippen LogP contribution < -0.4 is 11.1 Å². The Morgan fingerprint density at radius 2 is 2.04 bits per heavy atom. The first-order valence-corrected chi connectivity index (χ1v) is 7.96. The summed E-state index contributed by atoms with van der Waals surface area (Å²) in [7, 11) is 0. The van der Waals surface area contributed by atoms with Crippen LogP contribution >= 0.6 is 11.6 Å². The van der Waals surface area contributed by atoms with Gasteiger partial charge in [-0.1, -0.05) is 23.7 Å². The molecule has 7 nitrogen and oxygen atoms in total. The fraction of sp³-hybridized carbons (Fsp3) is 0.118. The van der Waals surface area contributed by atoms with Crippen molar-refractivity contribution in [1.29, 1.82) is 0 Å².